The van der Waals surface area contributed by atoms with Crippen molar-refractivity contribution in [3.8, 4) is 0 Å². The van der Waals surface area contributed by atoms with E-state index in [-0.39, 0.29) is 24.8 Å². The molecule has 36 heavy (non-hydrogen) atoms. The van der Waals surface area contributed by atoms with Crippen LogP contribution < -0.4 is 10.6 Å². The third-order valence-corrected chi connectivity index (χ3v) is 6.79. The van der Waals surface area contributed by atoms with Crippen LogP contribution in [-0.4, -0.2) is 48.1 Å². The second kappa shape index (κ2) is 17.2. The van der Waals surface area contributed by atoms with Gasteiger partial charge < -0.3 is 20.8 Å². The lowest BCUT2D eigenvalue weighted by Gasteiger charge is -2.13. The molecule has 0 spiro atoms. The highest BCUT2D eigenvalue weighted by molar-refractivity contribution is 9.10. The topological polar surface area (TPSA) is 98.7 Å². The Bertz CT molecular complexity index is 970. The van der Waals surface area contributed by atoms with Crippen molar-refractivity contribution < 1.29 is 19.8 Å². The number of hydrogen-bond acceptors (Lipinski definition) is 6. The molecular formula is C28H34Br2N2O4. The van der Waals surface area contributed by atoms with Crippen molar-refractivity contribution in [3.05, 3.63) is 92.1 Å². The lowest BCUT2D eigenvalue weighted by molar-refractivity contribution is 0.103. The van der Waals surface area contributed by atoms with Gasteiger partial charge in [-0.05, 0) is 62.8 Å². The Morgan fingerprint density at radius 3 is 1.42 bits per heavy atom. The molecular weight excluding hydrogens is 588 g/mol. The van der Waals surface area contributed by atoms with Crippen LogP contribution in [0.4, 0.5) is 0 Å². The normalized spacial score (nSPS) is 11.9. The summed E-state index contributed by atoms with van der Waals surface area (Å²) in [5, 5.41) is 25.1. The average molecular weight is 622 g/mol. The van der Waals surface area contributed by atoms with Gasteiger partial charge >= 0.3 is 0 Å². The number of benzene rings is 2. The van der Waals surface area contributed by atoms with E-state index < -0.39 is 0 Å². The molecule has 0 atom stereocenters. The van der Waals surface area contributed by atoms with E-state index in [1.165, 1.54) is 0 Å². The van der Waals surface area contributed by atoms with Crippen LogP contribution >= 0.6 is 31.9 Å². The Morgan fingerprint density at radius 1 is 0.667 bits per heavy atom. The molecule has 2 rings (SSSR count). The van der Waals surface area contributed by atoms with E-state index in [2.05, 4.69) is 42.5 Å². The zero-order valence-corrected chi connectivity index (χ0v) is 23.5. The number of carbonyl (C=O) groups is 2. The number of hydrogen-bond donors (Lipinski definition) is 4. The number of halogens is 2. The van der Waals surface area contributed by atoms with Crippen LogP contribution in [0.5, 0.6) is 0 Å². The number of rotatable bonds is 17. The number of aliphatic hydroxyl groups is 2. The number of aliphatic hydroxyl groups excluding tert-OH is 2. The molecule has 8 heteroatoms. The molecule has 6 nitrogen and oxygen atoms in total. The van der Waals surface area contributed by atoms with Gasteiger partial charge in [0.05, 0.1) is 0 Å². The molecule has 0 fully saturated rings. The molecule has 0 aromatic heterocycles. The van der Waals surface area contributed by atoms with E-state index >= 15 is 0 Å². The molecule has 0 saturated heterocycles. The summed E-state index contributed by atoms with van der Waals surface area (Å²) in [6.07, 6.45) is 7.28. The van der Waals surface area contributed by atoms with Gasteiger partial charge in [-0.1, -0.05) is 56.1 Å². The summed E-state index contributed by atoms with van der Waals surface area (Å²) in [5.74, 6) is -0.170. The largest absolute Gasteiger partial charge is 0.396 e. The fraction of sp³-hybridized carbons (Fsp3) is 0.357. The van der Waals surface area contributed by atoms with Crippen molar-refractivity contribution in [1.29, 1.82) is 0 Å². The van der Waals surface area contributed by atoms with Gasteiger partial charge in [-0.15, -0.1) is 0 Å². The van der Waals surface area contributed by atoms with E-state index in [0.29, 0.717) is 49.9 Å². The average Bonchev–Trinajstić information content (AvgIpc) is 2.87. The van der Waals surface area contributed by atoms with Crippen molar-refractivity contribution in [2.24, 2.45) is 0 Å². The molecule has 2 aromatic rings. The fourth-order valence-electron chi connectivity index (χ4n) is 3.50. The highest BCUT2D eigenvalue weighted by Crippen LogP contribution is 2.19. The Kier molecular flexibility index (Phi) is 14.4. The smallest absolute Gasteiger partial charge is 0.188 e. The number of ketones is 2. The first-order valence-corrected chi connectivity index (χ1v) is 13.7. The molecule has 0 unspecified atom stereocenters. The number of unbranched alkanes of at least 4 members (excludes halogenated alkanes) is 1. The van der Waals surface area contributed by atoms with Crippen molar-refractivity contribution in [3.63, 3.8) is 0 Å². The van der Waals surface area contributed by atoms with Crippen LogP contribution in [0.3, 0.4) is 0 Å². The van der Waals surface area contributed by atoms with Crippen LogP contribution in [0.2, 0.25) is 0 Å². The Balaban J connectivity index is 1.87. The maximum atomic E-state index is 12.7. The summed E-state index contributed by atoms with van der Waals surface area (Å²) in [6, 6.07) is 14.6. The quantitative estimate of drug-likeness (QED) is 0.105. The minimum atomic E-state index is -0.0852. The minimum absolute atomic E-state index is 0.0629. The molecule has 0 radical (unpaired) electrons. The number of carbonyl (C=O) groups excluding carboxylic acids is 2. The molecule has 0 aliphatic rings. The monoisotopic (exact) mass is 620 g/mol. The van der Waals surface area contributed by atoms with E-state index in [1.807, 2.05) is 36.4 Å². The zero-order chi connectivity index (χ0) is 26.2. The van der Waals surface area contributed by atoms with E-state index in [1.54, 1.807) is 24.3 Å². The van der Waals surface area contributed by atoms with Crippen molar-refractivity contribution >= 4 is 43.4 Å². The van der Waals surface area contributed by atoms with Gasteiger partial charge in [0.1, 0.15) is 0 Å². The third-order valence-electron chi connectivity index (χ3n) is 5.41. The van der Waals surface area contributed by atoms with E-state index in [9.17, 15) is 19.8 Å². The SMILES string of the molecule is O=C(/C=C(/CCCO)NCCCCN/C(=C\C(=O)c1ccccc1Br)CCCO)c1ccccc1Br. The Hall–Kier alpha value is -2.26. The third kappa shape index (κ3) is 10.8. The minimum Gasteiger partial charge on any atom is -0.396 e. The van der Waals surface area contributed by atoms with E-state index in [4.69, 9.17) is 0 Å². The summed E-state index contributed by atoms with van der Waals surface area (Å²) in [7, 11) is 0. The lowest BCUT2D eigenvalue weighted by Crippen LogP contribution is -2.20. The van der Waals surface area contributed by atoms with Crippen LogP contribution in [0.1, 0.15) is 59.2 Å². The molecule has 0 heterocycles. The number of nitrogens with one attached hydrogen (secondary N) is 2. The Morgan fingerprint density at radius 2 is 1.06 bits per heavy atom. The fourth-order valence-corrected chi connectivity index (χ4v) is 4.46. The predicted molar refractivity (Wildman–Crippen MR) is 151 cm³/mol. The van der Waals surface area contributed by atoms with Gasteiger partial charge in [0.15, 0.2) is 11.6 Å². The second-order valence-corrected chi connectivity index (χ2v) is 9.95. The van der Waals surface area contributed by atoms with Crippen LogP contribution in [0, 0.1) is 0 Å². The molecule has 0 aliphatic heterocycles. The molecule has 2 aromatic carbocycles. The molecule has 0 saturated carbocycles. The summed E-state index contributed by atoms with van der Waals surface area (Å²) in [5.41, 5.74) is 2.81. The summed E-state index contributed by atoms with van der Waals surface area (Å²) in [6.45, 7) is 1.50. The maximum Gasteiger partial charge on any atom is 0.188 e. The summed E-state index contributed by atoms with van der Waals surface area (Å²) < 4.78 is 1.50. The van der Waals surface area contributed by atoms with Gasteiger partial charge in [-0.3, -0.25) is 9.59 Å². The van der Waals surface area contributed by atoms with Crippen LogP contribution in [-0.2, 0) is 0 Å². The highest BCUT2D eigenvalue weighted by Gasteiger charge is 2.10. The van der Waals surface area contributed by atoms with Gasteiger partial charge in [0.2, 0.25) is 0 Å². The van der Waals surface area contributed by atoms with Gasteiger partial charge in [-0.25, -0.2) is 0 Å². The highest BCUT2D eigenvalue weighted by atomic mass is 79.9. The first kappa shape index (κ1) is 30.0. The van der Waals surface area contributed by atoms with Crippen molar-refractivity contribution in [1.82, 2.24) is 10.6 Å². The standard InChI is InChI=1S/C28H34Br2N2O4/c29-25-13-3-1-11-23(25)27(35)19-21(9-7-17-33)31-15-5-6-16-32-22(10-8-18-34)20-28(36)24-12-2-4-14-26(24)30/h1-4,11-14,19-20,31-34H,5-10,15-18H2/b21-19-,22-20-. The Labute approximate surface area is 230 Å². The molecule has 194 valence electrons. The van der Waals surface area contributed by atoms with Crippen molar-refractivity contribution in [2.75, 3.05) is 26.3 Å². The molecule has 0 amide bonds. The van der Waals surface area contributed by atoms with Crippen molar-refractivity contribution in [2.45, 2.75) is 38.5 Å². The van der Waals surface area contributed by atoms with E-state index in [0.717, 1.165) is 33.2 Å². The number of allylic oxidation sites excluding steroid dienone is 4. The first-order valence-electron chi connectivity index (χ1n) is 12.1. The first-order chi connectivity index (χ1) is 17.5. The van der Waals surface area contributed by atoms with Gasteiger partial charge in [-0.2, -0.15) is 0 Å². The van der Waals surface area contributed by atoms with Gasteiger partial charge in [0.25, 0.3) is 0 Å². The molecule has 4 N–H and O–H groups in total. The lowest BCUT2D eigenvalue weighted by atomic mass is 10.1. The predicted octanol–water partition coefficient (Wildman–Crippen LogP) is 5.55. The van der Waals surface area contributed by atoms with Gasteiger partial charge in [0, 0.05) is 69.9 Å². The van der Waals surface area contributed by atoms with Crippen LogP contribution in [0.25, 0.3) is 0 Å². The maximum absolute atomic E-state index is 12.7. The summed E-state index contributed by atoms with van der Waals surface area (Å²) >= 11 is 6.84. The van der Waals surface area contributed by atoms with Crippen LogP contribution in [0.15, 0.2) is 81.0 Å². The molecule has 0 aliphatic carbocycles. The summed E-state index contributed by atoms with van der Waals surface area (Å²) in [4.78, 5) is 25.3. The zero-order valence-electron chi connectivity index (χ0n) is 20.3. The second-order valence-electron chi connectivity index (χ2n) is 8.24. The molecule has 0 bridgehead atoms.